The van der Waals surface area contributed by atoms with Crippen molar-refractivity contribution in [3.05, 3.63) is 12.2 Å². The number of aliphatic hydroxyl groups excluding tert-OH is 1. The fourth-order valence-electron chi connectivity index (χ4n) is 2.92. The molecule has 0 amide bonds. The van der Waals surface area contributed by atoms with Gasteiger partial charge in [-0.3, -0.25) is 4.90 Å². The van der Waals surface area contributed by atoms with E-state index in [0.717, 1.165) is 38.3 Å². The molecular weight excluding hydrogens is 194 g/mol. The van der Waals surface area contributed by atoms with E-state index in [2.05, 4.69) is 15.0 Å². The van der Waals surface area contributed by atoms with E-state index < -0.39 is 0 Å². The van der Waals surface area contributed by atoms with Crippen LogP contribution in [0.1, 0.15) is 18.7 Å². The third-order valence-corrected chi connectivity index (χ3v) is 3.67. The van der Waals surface area contributed by atoms with Crippen molar-refractivity contribution in [1.82, 2.24) is 15.0 Å². The molecule has 2 fully saturated rings. The third-order valence-electron chi connectivity index (χ3n) is 3.67. The van der Waals surface area contributed by atoms with Crippen LogP contribution in [-0.4, -0.2) is 39.3 Å². The van der Waals surface area contributed by atoms with E-state index in [0.29, 0.717) is 11.8 Å². The molecule has 0 spiro atoms. The topological polar surface area (TPSA) is 62.4 Å². The zero-order valence-corrected chi connectivity index (χ0v) is 8.54. The molecule has 5 nitrogen and oxygen atoms in total. The van der Waals surface area contributed by atoms with Crippen molar-refractivity contribution in [3.63, 3.8) is 0 Å². The van der Waals surface area contributed by atoms with Crippen LogP contribution in [0.5, 0.6) is 0 Å². The molecule has 0 bridgehead atoms. The van der Waals surface area contributed by atoms with Gasteiger partial charge in [0.1, 0.15) is 0 Å². The smallest absolute Gasteiger partial charge is 0.213 e. The van der Waals surface area contributed by atoms with E-state index in [-0.39, 0.29) is 6.10 Å². The standard InChI is InChI=1S/C10H15N3O2/c14-9-2-1-7-3-13(4-8(7)9)5-10-11-6-15-12-10/h6-9,14H,1-5H2. The van der Waals surface area contributed by atoms with Gasteiger partial charge in [0.2, 0.25) is 6.39 Å². The molecule has 3 unspecified atom stereocenters. The van der Waals surface area contributed by atoms with Crippen LogP contribution in [-0.2, 0) is 6.54 Å². The highest BCUT2D eigenvalue weighted by molar-refractivity contribution is 4.94. The Morgan fingerprint density at radius 1 is 1.47 bits per heavy atom. The first-order chi connectivity index (χ1) is 7.33. The summed E-state index contributed by atoms with van der Waals surface area (Å²) in [6.07, 6.45) is 3.41. The molecule has 82 valence electrons. The van der Waals surface area contributed by atoms with Crippen molar-refractivity contribution < 1.29 is 9.63 Å². The molecule has 3 rings (SSSR count). The summed E-state index contributed by atoms with van der Waals surface area (Å²) in [6.45, 7) is 2.78. The molecule has 1 aromatic heterocycles. The van der Waals surface area contributed by atoms with Crippen molar-refractivity contribution >= 4 is 0 Å². The van der Waals surface area contributed by atoms with Gasteiger partial charge in [0.05, 0.1) is 12.6 Å². The van der Waals surface area contributed by atoms with Gasteiger partial charge in [-0.05, 0) is 18.8 Å². The van der Waals surface area contributed by atoms with Gasteiger partial charge in [0.15, 0.2) is 5.82 Å². The molecule has 1 aliphatic heterocycles. The average Bonchev–Trinajstić information content (AvgIpc) is 2.88. The normalized spacial score (nSPS) is 35.9. The Morgan fingerprint density at radius 2 is 2.40 bits per heavy atom. The van der Waals surface area contributed by atoms with Gasteiger partial charge in [0, 0.05) is 19.0 Å². The summed E-state index contributed by atoms with van der Waals surface area (Å²) in [7, 11) is 0. The molecule has 1 N–H and O–H groups in total. The first kappa shape index (κ1) is 9.30. The predicted molar refractivity (Wildman–Crippen MR) is 51.8 cm³/mol. The number of fused-ring (bicyclic) bond motifs is 1. The van der Waals surface area contributed by atoms with Crippen LogP contribution in [0.25, 0.3) is 0 Å². The Bertz CT molecular complexity index is 327. The van der Waals surface area contributed by atoms with E-state index in [4.69, 9.17) is 4.52 Å². The third kappa shape index (κ3) is 1.66. The first-order valence-electron chi connectivity index (χ1n) is 5.48. The number of likely N-dealkylation sites (tertiary alicyclic amines) is 1. The molecule has 1 saturated heterocycles. The average molecular weight is 209 g/mol. The summed E-state index contributed by atoms with van der Waals surface area (Å²) in [5.74, 6) is 1.88. The fraction of sp³-hybridized carbons (Fsp3) is 0.800. The summed E-state index contributed by atoms with van der Waals surface area (Å²) in [6, 6.07) is 0. The minimum atomic E-state index is -0.0923. The van der Waals surface area contributed by atoms with E-state index in [1.54, 1.807) is 0 Å². The Labute approximate surface area is 88.1 Å². The quantitative estimate of drug-likeness (QED) is 0.757. The Hall–Kier alpha value is -0.940. The molecule has 0 aromatic carbocycles. The van der Waals surface area contributed by atoms with Gasteiger partial charge in [-0.25, -0.2) is 0 Å². The second kappa shape index (κ2) is 3.57. The zero-order chi connectivity index (χ0) is 10.3. The van der Waals surface area contributed by atoms with E-state index in [1.165, 1.54) is 6.39 Å². The van der Waals surface area contributed by atoms with Gasteiger partial charge in [0.25, 0.3) is 0 Å². The number of aliphatic hydroxyl groups is 1. The summed E-state index contributed by atoms with van der Waals surface area (Å²) < 4.78 is 4.70. The number of nitrogens with zero attached hydrogens (tertiary/aromatic N) is 3. The van der Waals surface area contributed by atoms with Crippen LogP contribution in [0.2, 0.25) is 0 Å². The van der Waals surface area contributed by atoms with Gasteiger partial charge in [-0.2, -0.15) is 4.98 Å². The molecule has 1 saturated carbocycles. The molecule has 2 aliphatic rings. The second-order valence-corrected chi connectivity index (χ2v) is 4.61. The number of hydrogen-bond donors (Lipinski definition) is 1. The molecule has 1 aromatic rings. The van der Waals surface area contributed by atoms with Crippen LogP contribution in [0.15, 0.2) is 10.9 Å². The Morgan fingerprint density at radius 3 is 3.13 bits per heavy atom. The molecule has 0 radical (unpaired) electrons. The van der Waals surface area contributed by atoms with Crippen LogP contribution in [0.4, 0.5) is 0 Å². The van der Waals surface area contributed by atoms with E-state index >= 15 is 0 Å². The maximum Gasteiger partial charge on any atom is 0.213 e. The van der Waals surface area contributed by atoms with Gasteiger partial charge < -0.3 is 9.63 Å². The Kier molecular flexibility index (Phi) is 2.21. The van der Waals surface area contributed by atoms with Crippen LogP contribution in [0.3, 0.4) is 0 Å². The Balaban J connectivity index is 1.62. The summed E-state index contributed by atoms with van der Waals surface area (Å²) in [5.41, 5.74) is 0. The van der Waals surface area contributed by atoms with Crippen molar-refractivity contribution in [2.45, 2.75) is 25.5 Å². The van der Waals surface area contributed by atoms with Gasteiger partial charge in [-0.15, -0.1) is 0 Å². The highest BCUT2D eigenvalue weighted by atomic mass is 16.5. The molecule has 1 aliphatic carbocycles. The summed E-state index contributed by atoms with van der Waals surface area (Å²) >= 11 is 0. The van der Waals surface area contributed by atoms with Crippen molar-refractivity contribution in [3.8, 4) is 0 Å². The SMILES string of the molecule is OC1CCC2CN(Cc3ncon3)CC12. The fourth-order valence-corrected chi connectivity index (χ4v) is 2.92. The molecule has 2 heterocycles. The van der Waals surface area contributed by atoms with Crippen LogP contribution < -0.4 is 0 Å². The lowest BCUT2D eigenvalue weighted by molar-refractivity contribution is 0.123. The van der Waals surface area contributed by atoms with Crippen LogP contribution >= 0.6 is 0 Å². The lowest BCUT2D eigenvalue weighted by atomic mass is 10.00. The van der Waals surface area contributed by atoms with Crippen molar-refractivity contribution in [2.24, 2.45) is 11.8 Å². The first-order valence-corrected chi connectivity index (χ1v) is 5.48. The van der Waals surface area contributed by atoms with Gasteiger partial charge in [-0.1, -0.05) is 5.16 Å². The molecule has 5 heteroatoms. The maximum atomic E-state index is 9.77. The van der Waals surface area contributed by atoms with Crippen molar-refractivity contribution in [1.29, 1.82) is 0 Å². The summed E-state index contributed by atoms with van der Waals surface area (Å²) in [5, 5.41) is 13.6. The molecule has 3 atom stereocenters. The molecular formula is C10H15N3O2. The predicted octanol–water partition coefficient (Wildman–Crippen LogP) is 0.272. The number of aromatic nitrogens is 2. The molecule has 15 heavy (non-hydrogen) atoms. The van der Waals surface area contributed by atoms with E-state index in [1.807, 2.05) is 0 Å². The largest absolute Gasteiger partial charge is 0.393 e. The van der Waals surface area contributed by atoms with E-state index in [9.17, 15) is 5.11 Å². The van der Waals surface area contributed by atoms with Crippen molar-refractivity contribution in [2.75, 3.05) is 13.1 Å². The lowest BCUT2D eigenvalue weighted by Crippen LogP contribution is -2.24. The monoisotopic (exact) mass is 209 g/mol. The second-order valence-electron chi connectivity index (χ2n) is 4.61. The van der Waals surface area contributed by atoms with Crippen LogP contribution in [0, 0.1) is 11.8 Å². The highest BCUT2D eigenvalue weighted by Gasteiger charge is 2.41. The summed E-state index contributed by atoms with van der Waals surface area (Å²) in [4.78, 5) is 6.32. The minimum absolute atomic E-state index is 0.0923. The van der Waals surface area contributed by atoms with Gasteiger partial charge >= 0.3 is 0 Å². The zero-order valence-electron chi connectivity index (χ0n) is 8.54. The lowest BCUT2D eigenvalue weighted by Gasteiger charge is -2.15. The number of rotatable bonds is 2. The maximum absolute atomic E-state index is 9.77. The minimum Gasteiger partial charge on any atom is -0.393 e. The highest BCUT2D eigenvalue weighted by Crippen LogP contribution is 2.38. The number of hydrogen-bond acceptors (Lipinski definition) is 5.